The predicted octanol–water partition coefficient (Wildman–Crippen LogP) is 3.21. The van der Waals surface area contributed by atoms with Crippen molar-refractivity contribution in [3.05, 3.63) is 35.9 Å². The van der Waals surface area contributed by atoms with Crippen molar-refractivity contribution in [2.75, 3.05) is 6.54 Å². The SMILES string of the molecule is CC(C)(C)OC(=O)N[C@@H]1C(Cc2ccccc2)N(C(=O)O)CC[C@@H]1F. The van der Waals surface area contributed by atoms with Gasteiger partial charge in [-0.25, -0.2) is 14.0 Å². The van der Waals surface area contributed by atoms with Gasteiger partial charge in [-0.1, -0.05) is 30.3 Å². The fourth-order valence-corrected chi connectivity index (χ4v) is 3.00. The van der Waals surface area contributed by atoms with E-state index in [1.165, 1.54) is 4.90 Å². The van der Waals surface area contributed by atoms with Gasteiger partial charge in [-0.2, -0.15) is 0 Å². The van der Waals surface area contributed by atoms with Crippen molar-refractivity contribution in [1.29, 1.82) is 0 Å². The maximum atomic E-state index is 14.5. The number of halogens is 1. The highest BCUT2D eigenvalue weighted by Gasteiger charge is 2.42. The predicted molar refractivity (Wildman–Crippen MR) is 91.3 cm³/mol. The number of benzene rings is 1. The third-order valence-electron chi connectivity index (χ3n) is 4.07. The average Bonchev–Trinajstić information content (AvgIpc) is 2.50. The molecule has 2 rings (SSSR count). The molecule has 3 atom stereocenters. The first kappa shape index (κ1) is 19.0. The van der Waals surface area contributed by atoms with Crippen LogP contribution in [0.25, 0.3) is 0 Å². The number of nitrogens with zero attached hydrogens (tertiary/aromatic N) is 1. The Morgan fingerprint density at radius 1 is 1.32 bits per heavy atom. The average molecular weight is 352 g/mol. The minimum absolute atomic E-state index is 0.0397. The third kappa shape index (κ3) is 5.34. The van der Waals surface area contributed by atoms with Gasteiger partial charge in [-0.3, -0.25) is 0 Å². The number of nitrogens with one attached hydrogen (secondary N) is 1. The largest absolute Gasteiger partial charge is 0.465 e. The summed E-state index contributed by atoms with van der Waals surface area (Å²) in [6.07, 6.45) is -2.85. The number of amides is 2. The quantitative estimate of drug-likeness (QED) is 0.875. The van der Waals surface area contributed by atoms with Crippen molar-refractivity contribution in [3.63, 3.8) is 0 Å². The molecule has 7 heteroatoms. The first-order valence-electron chi connectivity index (χ1n) is 8.34. The van der Waals surface area contributed by atoms with Crippen LogP contribution >= 0.6 is 0 Å². The summed E-state index contributed by atoms with van der Waals surface area (Å²) in [5, 5.41) is 12.0. The van der Waals surface area contributed by atoms with Gasteiger partial charge in [0.1, 0.15) is 11.8 Å². The topological polar surface area (TPSA) is 78.9 Å². The highest BCUT2D eigenvalue weighted by Crippen LogP contribution is 2.24. The van der Waals surface area contributed by atoms with Gasteiger partial charge < -0.3 is 20.1 Å². The molecule has 1 unspecified atom stereocenters. The van der Waals surface area contributed by atoms with E-state index in [4.69, 9.17) is 4.74 Å². The van der Waals surface area contributed by atoms with E-state index in [1.54, 1.807) is 20.8 Å². The Morgan fingerprint density at radius 2 is 1.96 bits per heavy atom. The lowest BCUT2D eigenvalue weighted by atomic mass is 9.90. The van der Waals surface area contributed by atoms with Crippen LogP contribution in [0.5, 0.6) is 0 Å². The number of carboxylic acid groups (broad SMARTS) is 1. The molecule has 1 aromatic carbocycles. The van der Waals surface area contributed by atoms with E-state index in [1.807, 2.05) is 30.3 Å². The summed E-state index contributed by atoms with van der Waals surface area (Å²) in [5.74, 6) is 0. The molecule has 25 heavy (non-hydrogen) atoms. The van der Waals surface area contributed by atoms with Gasteiger partial charge in [0.15, 0.2) is 0 Å². The molecule has 0 saturated carbocycles. The molecule has 0 aromatic heterocycles. The first-order chi connectivity index (χ1) is 11.7. The lowest BCUT2D eigenvalue weighted by Crippen LogP contribution is -2.62. The molecule has 1 aliphatic rings. The maximum Gasteiger partial charge on any atom is 0.408 e. The van der Waals surface area contributed by atoms with E-state index < -0.39 is 36.0 Å². The minimum atomic E-state index is -1.34. The minimum Gasteiger partial charge on any atom is -0.465 e. The Morgan fingerprint density at radius 3 is 2.52 bits per heavy atom. The number of rotatable bonds is 3. The smallest absolute Gasteiger partial charge is 0.408 e. The van der Waals surface area contributed by atoms with Crippen molar-refractivity contribution in [3.8, 4) is 0 Å². The molecule has 0 bridgehead atoms. The molecular weight excluding hydrogens is 327 g/mol. The fourth-order valence-electron chi connectivity index (χ4n) is 3.00. The van der Waals surface area contributed by atoms with Crippen molar-refractivity contribution >= 4 is 12.2 Å². The molecule has 1 heterocycles. The molecule has 2 N–H and O–H groups in total. The van der Waals surface area contributed by atoms with Gasteiger partial charge in [0.05, 0.1) is 12.1 Å². The van der Waals surface area contributed by atoms with Gasteiger partial charge in [0.25, 0.3) is 0 Å². The molecule has 138 valence electrons. The van der Waals surface area contributed by atoms with E-state index in [-0.39, 0.29) is 13.0 Å². The highest BCUT2D eigenvalue weighted by atomic mass is 19.1. The second-order valence-electron chi connectivity index (χ2n) is 7.21. The van der Waals surface area contributed by atoms with E-state index in [0.717, 1.165) is 5.56 Å². The Balaban J connectivity index is 2.21. The molecule has 0 radical (unpaired) electrons. The number of hydrogen-bond acceptors (Lipinski definition) is 3. The van der Waals surface area contributed by atoms with Crippen LogP contribution in [0.4, 0.5) is 14.0 Å². The van der Waals surface area contributed by atoms with Gasteiger partial charge >= 0.3 is 12.2 Å². The van der Waals surface area contributed by atoms with Crippen LogP contribution in [0, 0.1) is 0 Å². The second-order valence-corrected chi connectivity index (χ2v) is 7.21. The maximum absolute atomic E-state index is 14.5. The molecule has 1 aliphatic heterocycles. The first-order valence-corrected chi connectivity index (χ1v) is 8.34. The lowest BCUT2D eigenvalue weighted by Gasteiger charge is -2.42. The molecule has 0 spiro atoms. The third-order valence-corrected chi connectivity index (χ3v) is 4.07. The zero-order valence-electron chi connectivity index (χ0n) is 14.7. The van der Waals surface area contributed by atoms with Gasteiger partial charge in [-0.15, -0.1) is 0 Å². The number of carbonyl (C=O) groups is 2. The zero-order chi connectivity index (χ0) is 18.6. The molecule has 1 aromatic rings. The summed E-state index contributed by atoms with van der Waals surface area (Å²) in [6.45, 7) is 5.24. The Hall–Kier alpha value is -2.31. The Kier molecular flexibility index (Phi) is 5.87. The van der Waals surface area contributed by atoms with Gasteiger partial charge in [0.2, 0.25) is 0 Å². The zero-order valence-corrected chi connectivity index (χ0v) is 14.7. The van der Waals surface area contributed by atoms with E-state index in [2.05, 4.69) is 5.32 Å². The summed E-state index contributed by atoms with van der Waals surface area (Å²) in [7, 11) is 0. The highest BCUT2D eigenvalue weighted by molar-refractivity contribution is 5.69. The summed E-state index contributed by atoms with van der Waals surface area (Å²) >= 11 is 0. The molecule has 1 fully saturated rings. The number of carbonyl (C=O) groups excluding carboxylic acids is 1. The molecular formula is C18H25FN2O4. The number of hydrogen-bond donors (Lipinski definition) is 2. The summed E-state index contributed by atoms with van der Waals surface area (Å²) in [4.78, 5) is 24.9. The van der Waals surface area contributed by atoms with Crippen LogP contribution in [-0.4, -0.2) is 52.6 Å². The summed E-state index contributed by atoms with van der Waals surface area (Å²) in [5.41, 5.74) is 0.162. The second kappa shape index (κ2) is 7.72. The monoisotopic (exact) mass is 352 g/mol. The van der Waals surface area contributed by atoms with Crippen LogP contribution < -0.4 is 5.32 Å². The fraction of sp³-hybridized carbons (Fsp3) is 0.556. The van der Waals surface area contributed by atoms with Crippen LogP contribution in [0.2, 0.25) is 0 Å². The number of ether oxygens (including phenoxy) is 1. The van der Waals surface area contributed by atoms with Crippen LogP contribution in [-0.2, 0) is 11.2 Å². The Bertz CT molecular complexity index is 603. The van der Waals surface area contributed by atoms with Gasteiger partial charge in [-0.05, 0) is 39.2 Å². The van der Waals surface area contributed by atoms with Crippen LogP contribution in [0.3, 0.4) is 0 Å². The molecule has 2 amide bonds. The van der Waals surface area contributed by atoms with Crippen molar-refractivity contribution in [1.82, 2.24) is 10.2 Å². The standard InChI is InChI=1S/C18H25FN2O4/c1-18(2,3)25-16(22)20-15-13(19)9-10-21(17(23)24)14(15)11-12-7-5-4-6-8-12/h4-8,13-15H,9-11H2,1-3H3,(H,20,22)(H,23,24)/t13-,14?,15-/m0/s1. The summed E-state index contributed by atoms with van der Waals surface area (Å²) in [6, 6.07) is 7.59. The number of likely N-dealkylation sites (tertiary alicyclic amines) is 1. The van der Waals surface area contributed by atoms with E-state index in [9.17, 15) is 19.1 Å². The number of alkyl carbamates (subject to hydrolysis) is 1. The van der Waals surface area contributed by atoms with Crippen molar-refractivity contribution < 1.29 is 23.8 Å². The molecule has 6 nitrogen and oxygen atoms in total. The van der Waals surface area contributed by atoms with Crippen molar-refractivity contribution in [2.45, 2.75) is 57.5 Å². The Labute approximate surface area is 147 Å². The van der Waals surface area contributed by atoms with E-state index in [0.29, 0.717) is 6.42 Å². The van der Waals surface area contributed by atoms with E-state index >= 15 is 0 Å². The number of piperidine rings is 1. The number of alkyl halides is 1. The lowest BCUT2D eigenvalue weighted by molar-refractivity contribution is 0.0245. The summed E-state index contributed by atoms with van der Waals surface area (Å²) < 4.78 is 19.7. The van der Waals surface area contributed by atoms with Crippen LogP contribution in [0.15, 0.2) is 30.3 Å². The molecule has 1 saturated heterocycles. The molecule has 0 aliphatic carbocycles. The van der Waals surface area contributed by atoms with Crippen molar-refractivity contribution in [2.24, 2.45) is 0 Å². The normalized spacial score (nSPS) is 23.8. The van der Waals surface area contributed by atoms with Crippen LogP contribution in [0.1, 0.15) is 32.8 Å². The van der Waals surface area contributed by atoms with Gasteiger partial charge in [0, 0.05) is 6.54 Å².